The summed E-state index contributed by atoms with van der Waals surface area (Å²) in [5.41, 5.74) is 1.35. The third-order valence-corrected chi connectivity index (χ3v) is 4.94. The minimum atomic E-state index is -0.639. The fourth-order valence-electron chi connectivity index (χ4n) is 2.59. The summed E-state index contributed by atoms with van der Waals surface area (Å²) >= 11 is 1.38. The minimum absolute atomic E-state index is 0.277. The normalized spacial score (nSPS) is 11.7. The molecule has 25 heavy (non-hydrogen) atoms. The summed E-state index contributed by atoms with van der Waals surface area (Å²) in [5.74, 6) is -0.0803. The molecule has 1 heterocycles. The Labute approximate surface area is 152 Å². The van der Waals surface area contributed by atoms with Crippen molar-refractivity contribution < 1.29 is 19.1 Å². The summed E-state index contributed by atoms with van der Waals surface area (Å²) in [4.78, 5) is 25.8. The number of thiophene rings is 1. The fourth-order valence-corrected chi connectivity index (χ4v) is 3.72. The van der Waals surface area contributed by atoms with Gasteiger partial charge in [-0.1, -0.05) is 32.0 Å². The van der Waals surface area contributed by atoms with Gasteiger partial charge in [0.05, 0.1) is 12.7 Å². The Hall–Kier alpha value is -2.34. The number of aryl methyl sites for hydroxylation is 1. The lowest BCUT2D eigenvalue weighted by molar-refractivity contribution is -0.122. The van der Waals surface area contributed by atoms with E-state index in [2.05, 4.69) is 5.32 Å². The molecular formula is C19H23NO4S. The molecule has 1 atom stereocenters. The highest BCUT2D eigenvalue weighted by atomic mass is 32.1. The van der Waals surface area contributed by atoms with Crippen molar-refractivity contribution in [1.82, 2.24) is 0 Å². The molecule has 0 aliphatic carbocycles. The number of para-hydroxylation sites is 1. The second-order valence-electron chi connectivity index (χ2n) is 5.50. The van der Waals surface area contributed by atoms with E-state index in [0.29, 0.717) is 29.2 Å². The van der Waals surface area contributed by atoms with Crippen LogP contribution in [0.1, 0.15) is 41.1 Å². The Bertz CT molecular complexity index is 739. The van der Waals surface area contributed by atoms with E-state index in [0.717, 1.165) is 10.4 Å². The number of nitrogens with one attached hydrogen (secondary N) is 1. The zero-order chi connectivity index (χ0) is 18.4. The Morgan fingerprint density at radius 3 is 2.44 bits per heavy atom. The topological polar surface area (TPSA) is 64.6 Å². The Balaban J connectivity index is 2.22. The van der Waals surface area contributed by atoms with Gasteiger partial charge in [-0.2, -0.15) is 0 Å². The molecule has 5 nitrogen and oxygen atoms in total. The molecule has 0 saturated heterocycles. The van der Waals surface area contributed by atoms with Crippen molar-refractivity contribution in [2.24, 2.45) is 0 Å². The second kappa shape index (κ2) is 8.67. The second-order valence-corrected chi connectivity index (χ2v) is 6.73. The molecule has 0 unspecified atom stereocenters. The predicted molar refractivity (Wildman–Crippen MR) is 99.6 cm³/mol. The Kier molecular flexibility index (Phi) is 6.58. The monoisotopic (exact) mass is 361 g/mol. The van der Waals surface area contributed by atoms with Gasteiger partial charge in [-0.15, -0.1) is 11.3 Å². The number of amides is 1. The molecule has 2 rings (SSSR count). The van der Waals surface area contributed by atoms with Crippen molar-refractivity contribution in [2.75, 3.05) is 12.4 Å². The molecular weight excluding hydrogens is 338 g/mol. The van der Waals surface area contributed by atoms with E-state index in [-0.39, 0.29) is 5.91 Å². The lowest BCUT2D eigenvalue weighted by atomic mass is 10.1. The van der Waals surface area contributed by atoms with E-state index in [1.165, 1.54) is 18.4 Å². The third kappa shape index (κ3) is 4.39. The first-order chi connectivity index (χ1) is 12.0. The number of ether oxygens (including phenoxy) is 2. The van der Waals surface area contributed by atoms with Crippen LogP contribution in [-0.2, 0) is 16.0 Å². The Morgan fingerprint density at radius 1 is 1.20 bits per heavy atom. The highest BCUT2D eigenvalue weighted by molar-refractivity contribution is 7.16. The van der Waals surface area contributed by atoms with Gasteiger partial charge in [0.2, 0.25) is 0 Å². The van der Waals surface area contributed by atoms with Crippen LogP contribution in [0.5, 0.6) is 5.75 Å². The van der Waals surface area contributed by atoms with E-state index in [9.17, 15) is 9.59 Å². The van der Waals surface area contributed by atoms with E-state index in [1.54, 1.807) is 12.1 Å². The first-order valence-electron chi connectivity index (χ1n) is 8.24. The van der Waals surface area contributed by atoms with Crippen molar-refractivity contribution >= 4 is 28.2 Å². The molecule has 1 N–H and O–H groups in total. The van der Waals surface area contributed by atoms with Gasteiger partial charge < -0.3 is 14.8 Å². The quantitative estimate of drug-likeness (QED) is 0.751. The van der Waals surface area contributed by atoms with Gasteiger partial charge in [0, 0.05) is 4.88 Å². The summed E-state index contributed by atoms with van der Waals surface area (Å²) in [7, 11) is 1.34. The highest BCUT2D eigenvalue weighted by Crippen LogP contribution is 2.34. The van der Waals surface area contributed by atoms with Gasteiger partial charge in [-0.05, 0) is 37.5 Å². The summed E-state index contributed by atoms with van der Waals surface area (Å²) in [6.07, 6.45) is 0.569. The van der Waals surface area contributed by atoms with Crippen LogP contribution in [0.3, 0.4) is 0 Å². The molecule has 0 aliphatic rings. The zero-order valence-electron chi connectivity index (χ0n) is 14.9. The number of anilines is 1. The SMILES string of the molecule is CCc1c(C)sc(NC(=O)[C@@H](CC)Oc2ccccc2)c1C(=O)OC. The van der Waals surface area contributed by atoms with Gasteiger partial charge >= 0.3 is 5.97 Å². The molecule has 1 amide bonds. The van der Waals surface area contributed by atoms with Crippen LogP contribution in [0.25, 0.3) is 0 Å². The van der Waals surface area contributed by atoms with Crippen LogP contribution in [0, 0.1) is 6.92 Å². The van der Waals surface area contributed by atoms with Crippen LogP contribution in [0.15, 0.2) is 30.3 Å². The first kappa shape index (κ1) is 19.0. The van der Waals surface area contributed by atoms with Crippen molar-refractivity contribution in [3.8, 4) is 5.75 Å². The average Bonchev–Trinajstić information content (AvgIpc) is 2.94. The number of esters is 1. The average molecular weight is 361 g/mol. The van der Waals surface area contributed by atoms with E-state index in [4.69, 9.17) is 9.47 Å². The molecule has 0 aliphatic heterocycles. The van der Waals surface area contributed by atoms with E-state index >= 15 is 0 Å². The number of carbonyl (C=O) groups excluding carboxylic acids is 2. The largest absolute Gasteiger partial charge is 0.481 e. The number of benzene rings is 1. The maximum atomic E-state index is 12.6. The van der Waals surface area contributed by atoms with Crippen molar-refractivity contribution in [3.05, 3.63) is 46.3 Å². The molecule has 1 aromatic carbocycles. The van der Waals surface area contributed by atoms with E-state index < -0.39 is 12.1 Å². The molecule has 0 fully saturated rings. The summed E-state index contributed by atoms with van der Waals surface area (Å²) in [6, 6.07) is 9.20. The van der Waals surface area contributed by atoms with Gasteiger partial charge in [-0.25, -0.2) is 4.79 Å². The van der Waals surface area contributed by atoms with Crippen LogP contribution in [0.2, 0.25) is 0 Å². The lowest BCUT2D eigenvalue weighted by Gasteiger charge is -2.17. The van der Waals surface area contributed by atoms with Crippen molar-refractivity contribution in [2.45, 2.75) is 39.7 Å². The molecule has 6 heteroatoms. The molecule has 134 valence electrons. The predicted octanol–water partition coefficient (Wildman–Crippen LogP) is 4.20. The molecule has 0 radical (unpaired) electrons. The lowest BCUT2D eigenvalue weighted by Crippen LogP contribution is -2.32. The van der Waals surface area contributed by atoms with Crippen molar-refractivity contribution in [1.29, 1.82) is 0 Å². The third-order valence-electron chi connectivity index (χ3n) is 3.87. The molecule has 1 aromatic heterocycles. The standard InChI is InChI=1S/C19H23NO4S/c1-5-14-12(3)25-18(16(14)19(22)23-4)20-17(21)15(6-2)24-13-10-8-7-9-11-13/h7-11,15H,5-6H2,1-4H3,(H,20,21)/t15-/m1/s1. The molecule has 0 saturated carbocycles. The fraction of sp³-hybridized carbons (Fsp3) is 0.368. The molecule has 2 aromatic rings. The summed E-state index contributed by atoms with van der Waals surface area (Å²) in [6.45, 7) is 5.79. The van der Waals surface area contributed by atoms with Crippen LogP contribution >= 0.6 is 11.3 Å². The number of hydrogen-bond acceptors (Lipinski definition) is 5. The number of carbonyl (C=O) groups is 2. The van der Waals surface area contributed by atoms with Crippen molar-refractivity contribution in [3.63, 3.8) is 0 Å². The van der Waals surface area contributed by atoms with Crippen LogP contribution < -0.4 is 10.1 Å². The van der Waals surface area contributed by atoms with Gasteiger partial charge in [0.15, 0.2) is 6.10 Å². The van der Waals surface area contributed by atoms with Crippen LogP contribution in [0.4, 0.5) is 5.00 Å². The molecule has 0 spiro atoms. The first-order valence-corrected chi connectivity index (χ1v) is 9.06. The number of methoxy groups -OCH3 is 1. The summed E-state index contributed by atoms with van der Waals surface area (Å²) in [5, 5.41) is 3.36. The Morgan fingerprint density at radius 2 is 1.88 bits per heavy atom. The summed E-state index contributed by atoms with van der Waals surface area (Å²) < 4.78 is 10.6. The number of rotatable bonds is 7. The maximum absolute atomic E-state index is 12.6. The number of hydrogen-bond donors (Lipinski definition) is 1. The zero-order valence-corrected chi connectivity index (χ0v) is 15.7. The maximum Gasteiger partial charge on any atom is 0.341 e. The van der Waals surface area contributed by atoms with Gasteiger partial charge in [0.25, 0.3) is 5.91 Å². The minimum Gasteiger partial charge on any atom is -0.481 e. The highest BCUT2D eigenvalue weighted by Gasteiger charge is 2.26. The van der Waals surface area contributed by atoms with Crippen LogP contribution in [-0.4, -0.2) is 25.1 Å². The molecule has 0 bridgehead atoms. The van der Waals surface area contributed by atoms with Gasteiger partial charge in [-0.3, -0.25) is 4.79 Å². The smallest absolute Gasteiger partial charge is 0.341 e. The van der Waals surface area contributed by atoms with E-state index in [1.807, 2.05) is 39.0 Å². The van der Waals surface area contributed by atoms with Gasteiger partial charge in [0.1, 0.15) is 10.8 Å².